The molecule has 2 aliphatic carbocycles. The van der Waals surface area contributed by atoms with Crippen LogP contribution >= 0.6 is 11.3 Å². The Hall–Kier alpha value is -3.16. The zero-order chi connectivity index (χ0) is 23.3. The summed E-state index contributed by atoms with van der Waals surface area (Å²) in [5, 5.41) is 12.3. The van der Waals surface area contributed by atoms with Crippen molar-refractivity contribution < 1.29 is 8.42 Å². The van der Waals surface area contributed by atoms with Gasteiger partial charge in [-0.1, -0.05) is 60.2 Å². The van der Waals surface area contributed by atoms with E-state index in [0.29, 0.717) is 24.0 Å². The molecule has 2 aromatic heterocycles. The Morgan fingerprint density at radius 2 is 1.79 bits per heavy atom. The van der Waals surface area contributed by atoms with Crippen LogP contribution in [-0.4, -0.2) is 23.6 Å². The van der Waals surface area contributed by atoms with Gasteiger partial charge in [0, 0.05) is 23.4 Å². The first-order chi connectivity index (χ1) is 16.5. The molecule has 1 unspecified atom stereocenters. The maximum Gasteiger partial charge on any atom is 0.283 e. The minimum absolute atomic E-state index is 0.247. The molecule has 7 heteroatoms. The van der Waals surface area contributed by atoms with Crippen LogP contribution < -0.4 is 5.32 Å². The van der Waals surface area contributed by atoms with Gasteiger partial charge >= 0.3 is 0 Å². The summed E-state index contributed by atoms with van der Waals surface area (Å²) >= 11 is 1.65. The van der Waals surface area contributed by atoms with Crippen molar-refractivity contribution in [3.63, 3.8) is 0 Å². The second-order valence-corrected chi connectivity index (χ2v) is 11.7. The van der Waals surface area contributed by atoms with Gasteiger partial charge in [0.05, 0.1) is 10.6 Å². The van der Waals surface area contributed by atoms with Crippen LogP contribution in [-0.2, 0) is 21.9 Å². The maximum absolute atomic E-state index is 13.8. The van der Waals surface area contributed by atoms with Gasteiger partial charge < -0.3 is 5.32 Å². The van der Waals surface area contributed by atoms with Crippen molar-refractivity contribution >= 4 is 33.3 Å². The van der Waals surface area contributed by atoms with Gasteiger partial charge in [0.15, 0.2) is 5.82 Å². The Morgan fingerprint density at radius 3 is 2.47 bits per heavy atom. The lowest BCUT2D eigenvalue weighted by Crippen LogP contribution is -2.32. The molecular formula is C27H25N3O2S2. The number of rotatable bonds is 6. The van der Waals surface area contributed by atoms with Crippen molar-refractivity contribution in [2.24, 2.45) is 0 Å². The van der Waals surface area contributed by atoms with E-state index in [2.05, 4.69) is 51.5 Å². The number of nitrogens with one attached hydrogen (secondary N) is 1. The molecule has 2 aliphatic rings. The first-order valence-corrected chi connectivity index (χ1v) is 13.8. The van der Waals surface area contributed by atoms with Crippen LogP contribution in [0.5, 0.6) is 0 Å². The Balaban J connectivity index is 1.55. The van der Waals surface area contributed by atoms with E-state index in [0.717, 1.165) is 35.1 Å². The molecule has 0 saturated heterocycles. The number of aryl methyl sites for hydroxylation is 1. The molecule has 4 aromatic rings. The van der Waals surface area contributed by atoms with Crippen LogP contribution in [0.4, 0.5) is 5.82 Å². The number of fused-ring (bicyclic) bond motifs is 1. The monoisotopic (exact) mass is 487 g/mol. The minimum atomic E-state index is -3.86. The Morgan fingerprint density at radius 1 is 1.03 bits per heavy atom. The van der Waals surface area contributed by atoms with Gasteiger partial charge in [0.2, 0.25) is 0 Å². The Kier molecular flexibility index (Phi) is 5.00. The number of nitrogens with zero attached hydrogens (tertiary/aromatic N) is 2. The van der Waals surface area contributed by atoms with Gasteiger partial charge in [-0.2, -0.15) is 23.8 Å². The van der Waals surface area contributed by atoms with E-state index in [1.165, 1.54) is 4.09 Å². The third kappa shape index (κ3) is 3.51. The lowest BCUT2D eigenvalue weighted by Gasteiger charge is -2.34. The fourth-order valence-corrected chi connectivity index (χ4v) is 6.75. The molecule has 2 heterocycles. The van der Waals surface area contributed by atoms with E-state index >= 15 is 0 Å². The van der Waals surface area contributed by atoms with Crippen LogP contribution in [0, 0.1) is 6.92 Å². The quantitative estimate of drug-likeness (QED) is 0.383. The molecule has 0 spiro atoms. The van der Waals surface area contributed by atoms with Gasteiger partial charge in [-0.25, -0.2) is 0 Å². The van der Waals surface area contributed by atoms with E-state index in [1.807, 2.05) is 37.3 Å². The molecule has 1 N–H and O–H groups in total. The largest absolute Gasteiger partial charge is 0.365 e. The van der Waals surface area contributed by atoms with Gasteiger partial charge in [0.1, 0.15) is 0 Å². The smallest absolute Gasteiger partial charge is 0.283 e. The summed E-state index contributed by atoms with van der Waals surface area (Å²) in [6.45, 7) is 1.95. The van der Waals surface area contributed by atoms with Crippen molar-refractivity contribution in [1.82, 2.24) is 9.19 Å². The first-order valence-electron chi connectivity index (χ1n) is 11.5. The zero-order valence-corrected chi connectivity index (χ0v) is 20.4. The molecule has 0 aliphatic heterocycles. The fourth-order valence-electron chi connectivity index (χ4n) is 4.69. The lowest BCUT2D eigenvalue weighted by atomic mass is 9.69. The number of allylic oxidation sites excluding steroid dienone is 1. The van der Waals surface area contributed by atoms with Crippen LogP contribution in [0.2, 0.25) is 0 Å². The number of hydrogen-bond donors (Lipinski definition) is 1. The summed E-state index contributed by atoms with van der Waals surface area (Å²) in [6, 6.07) is 19.8. The highest BCUT2D eigenvalue weighted by atomic mass is 32.2. The van der Waals surface area contributed by atoms with Crippen molar-refractivity contribution in [3.05, 3.63) is 105 Å². The molecule has 5 nitrogen and oxygen atoms in total. The molecule has 0 bridgehead atoms. The summed E-state index contributed by atoms with van der Waals surface area (Å²) < 4.78 is 28.9. The molecule has 1 saturated carbocycles. The van der Waals surface area contributed by atoms with Crippen LogP contribution in [0.1, 0.15) is 40.8 Å². The molecule has 34 heavy (non-hydrogen) atoms. The minimum Gasteiger partial charge on any atom is -0.365 e. The van der Waals surface area contributed by atoms with E-state index < -0.39 is 15.4 Å². The maximum atomic E-state index is 13.8. The average molecular weight is 488 g/mol. The van der Waals surface area contributed by atoms with Crippen LogP contribution in [0.3, 0.4) is 0 Å². The highest BCUT2D eigenvalue weighted by molar-refractivity contribution is 7.89. The third-order valence-electron chi connectivity index (χ3n) is 6.76. The predicted molar refractivity (Wildman–Crippen MR) is 137 cm³/mol. The molecule has 172 valence electrons. The first kappa shape index (κ1) is 21.4. The molecule has 1 atom stereocenters. The molecule has 0 radical (unpaired) electrons. The number of benzene rings is 2. The SMILES string of the molecule is Cc1ccc(S(=O)(=O)n2nc(NC3CC3)c3c2CC(c2ccccc2)(c2ccsc2)C=C3)cc1. The second kappa shape index (κ2) is 7.96. The van der Waals surface area contributed by atoms with Crippen molar-refractivity contribution in [1.29, 1.82) is 0 Å². The zero-order valence-electron chi connectivity index (χ0n) is 18.8. The normalized spacial score (nSPS) is 19.7. The molecule has 2 aromatic carbocycles. The van der Waals surface area contributed by atoms with Crippen molar-refractivity contribution in [3.8, 4) is 0 Å². The lowest BCUT2D eigenvalue weighted by molar-refractivity contribution is 0.565. The summed E-state index contributed by atoms with van der Waals surface area (Å²) in [7, 11) is -3.86. The summed E-state index contributed by atoms with van der Waals surface area (Å²) in [5.74, 6) is 0.649. The summed E-state index contributed by atoms with van der Waals surface area (Å²) in [4.78, 5) is 0.247. The molecule has 0 amide bonds. The van der Waals surface area contributed by atoms with Crippen molar-refractivity contribution in [2.45, 2.75) is 42.5 Å². The summed E-state index contributed by atoms with van der Waals surface area (Å²) in [5.41, 5.74) is 4.41. The van der Waals surface area contributed by atoms with Crippen molar-refractivity contribution in [2.75, 3.05) is 5.32 Å². The third-order valence-corrected chi connectivity index (χ3v) is 9.07. The van der Waals surface area contributed by atoms with Gasteiger partial charge in [-0.3, -0.25) is 0 Å². The van der Waals surface area contributed by atoms with Gasteiger partial charge in [-0.15, -0.1) is 5.10 Å². The van der Waals surface area contributed by atoms with E-state index in [1.54, 1.807) is 23.5 Å². The predicted octanol–water partition coefficient (Wildman–Crippen LogP) is 5.62. The second-order valence-electron chi connectivity index (χ2n) is 9.15. The average Bonchev–Trinajstić information content (AvgIpc) is 3.35. The Labute approximate surface area is 203 Å². The standard InChI is InChI=1S/C27H25N3O2S2/c1-19-7-11-23(12-8-19)34(31,32)30-25-17-27(21-14-16-33-18-21,20-5-3-2-4-6-20)15-13-24(25)26(29-30)28-22-9-10-22/h2-8,11-16,18,22H,9-10,17H2,1H3,(H,28,29). The highest BCUT2D eigenvalue weighted by Gasteiger charge is 2.40. The van der Waals surface area contributed by atoms with E-state index in [4.69, 9.17) is 0 Å². The van der Waals surface area contributed by atoms with Crippen LogP contribution in [0.15, 0.2) is 82.4 Å². The Bertz CT molecular complexity index is 1470. The molecule has 1 fully saturated rings. The topological polar surface area (TPSA) is 64.0 Å². The number of thiophene rings is 1. The molecule has 6 rings (SSSR count). The number of hydrogen-bond acceptors (Lipinski definition) is 5. The van der Waals surface area contributed by atoms with Crippen LogP contribution in [0.25, 0.3) is 6.08 Å². The van der Waals surface area contributed by atoms with E-state index in [9.17, 15) is 8.42 Å². The molecular weight excluding hydrogens is 462 g/mol. The van der Waals surface area contributed by atoms with Gasteiger partial charge in [-0.05, 0) is 59.9 Å². The number of aromatic nitrogens is 2. The fraction of sp³-hybridized carbons (Fsp3) is 0.222. The highest BCUT2D eigenvalue weighted by Crippen LogP contribution is 2.45. The van der Waals surface area contributed by atoms with Gasteiger partial charge in [0.25, 0.3) is 10.0 Å². The number of anilines is 1. The van der Waals surface area contributed by atoms with E-state index in [-0.39, 0.29) is 4.90 Å². The summed E-state index contributed by atoms with van der Waals surface area (Å²) in [6.07, 6.45) is 6.94.